The molecule has 56 valence electrons. The number of aromatic nitrogens is 2. The molecule has 0 aliphatic carbocycles. The summed E-state index contributed by atoms with van der Waals surface area (Å²) in [4.78, 5) is 4.13. The Hall–Kier alpha value is -1.02. The monoisotopic (exact) mass is 166 g/mol. The van der Waals surface area contributed by atoms with Crippen molar-refractivity contribution < 1.29 is 0 Å². The zero-order valence-corrected chi connectivity index (χ0v) is 6.84. The van der Waals surface area contributed by atoms with Gasteiger partial charge in [-0.2, -0.15) is 0 Å². The molecule has 0 N–H and O–H groups in total. The van der Waals surface area contributed by atoms with Gasteiger partial charge >= 0.3 is 0 Å². The summed E-state index contributed by atoms with van der Waals surface area (Å²) in [6.45, 7) is 2.02. The fraction of sp³-hybridized carbons (Fsp3) is 0.125. The van der Waals surface area contributed by atoms with Crippen LogP contribution in [0.15, 0.2) is 24.5 Å². The Morgan fingerprint density at radius 2 is 2.27 bits per heavy atom. The van der Waals surface area contributed by atoms with Gasteiger partial charge in [-0.15, -0.1) is 0 Å². The van der Waals surface area contributed by atoms with Gasteiger partial charge in [0.15, 0.2) is 0 Å². The van der Waals surface area contributed by atoms with E-state index in [0.29, 0.717) is 5.02 Å². The number of hydrogen-bond donors (Lipinski definition) is 0. The van der Waals surface area contributed by atoms with Crippen LogP contribution in [0, 0.1) is 6.92 Å². The lowest BCUT2D eigenvalue weighted by Gasteiger charge is -1.96. The lowest BCUT2D eigenvalue weighted by molar-refractivity contribution is 1.07. The van der Waals surface area contributed by atoms with Crippen molar-refractivity contribution in [3.05, 3.63) is 35.2 Å². The molecule has 0 aliphatic heterocycles. The third kappa shape index (κ3) is 0.994. The lowest BCUT2D eigenvalue weighted by atomic mass is 10.5. The summed E-state index contributed by atoms with van der Waals surface area (Å²) >= 11 is 5.76. The van der Waals surface area contributed by atoms with Gasteiger partial charge in [0.1, 0.15) is 5.65 Å². The molecule has 0 amide bonds. The maximum absolute atomic E-state index is 5.76. The molecular formula is C8H7ClN2. The Labute approximate surface area is 69.4 Å². The second-order valence-electron chi connectivity index (χ2n) is 2.48. The molecule has 0 unspecified atom stereocenters. The van der Waals surface area contributed by atoms with Crippen molar-refractivity contribution >= 4 is 17.2 Å². The van der Waals surface area contributed by atoms with E-state index >= 15 is 0 Å². The van der Waals surface area contributed by atoms with Crippen LogP contribution in [0.4, 0.5) is 0 Å². The van der Waals surface area contributed by atoms with Crippen LogP contribution in [0.3, 0.4) is 0 Å². The molecular weight excluding hydrogens is 160 g/mol. The summed E-state index contributed by atoms with van der Waals surface area (Å²) in [5, 5.41) is 0.664. The highest BCUT2D eigenvalue weighted by molar-refractivity contribution is 6.30. The summed E-state index contributed by atoms with van der Waals surface area (Å²) in [5.41, 5.74) is 2.09. The van der Waals surface area contributed by atoms with Crippen molar-refractivity contribution in [3.63, 3.8) is 0 Å². The van der Waals surface area contributed by atoms with E-state index in [2.05, 4.69) is 4.98 Å². The average Bonchev–Trinajstić information content (AvgIpc) is 2.33. The van der Waals surface area contributed by atoms with Gasteiger partial charge in [0.25, 0.3) is 0 Å². The van der Waals surface area contributed by atoms with Gasteiger partial charge in [-0.1, -0.05) is 11.6 Å². The normalized spacial score (nSPS) is 10.7. The molecule has 2 heterocycles. The Bertz CT molecular complexity index is 392. The van der Waals surface area contributed by atoms with E-state index in [9.17, 15) is 0 Å². The topological polar surface area (TPSA) is 17.3 Å². The predicted octanol–water partition coefficient (Wildman–Crippen LogP) is 2.30. The highest BCUT2D eigenvalue weighted by Gasteiger charge is 1.96. The average molecular weight is 167 g/mol. The zero-order valence-electron chi connectivity index (χ0n) is 6.08. The van der Waals surface area contributed by atoms with Crippen LogP contribution in [0.1, 0.15) is 5.69 Å². The summed E-state index contributed by atoms with van der Waals surface area (Å²) in [7, 11) is 0. The van der Waals surface area contributed by atoms with Crippen LogP contribution in [0.25, 0.3) is 5.65 Å². The highest BCUT2D eigenvalue weighted by Crippen LogP contribution is 2.11. The Kier molecular flexibility index (Phi) is 1.36. The van der Waals surface area contributed by atoms with Gasteiger partial charge in [-0.05, 0) is 19.1 Å². The summed E-state index contributed by atoms with van der Waals surface area (Å²) in [6, 6.07) is 3.98. The second kappa shape index (κ2) is 2.24. The highest BCUT2D eigenvalue weighted by atomic mass is 35.5. The van der Waals surface area contributed by atoms with E-state index < -0.39 is 0 Å². The Morgan fingerprint density at radius 3 is 3.09 bits per heavy atom. The summed E-state index contributed by atoms with van der Waals surface area (Å²) in [5.74, 6) is 0. The fourth-order valence-electron chi connectivity index (χ4n) is 1.09. The van der Waals surface area contributed by atoms with Crippen LogP contribution in [-0.4, -0.2) is 9.38 Å². The largest absolute Gasteiger partial charge is 0.304 e. The third-order valence-electron chi connectivity index (χ3n) is 1.67. The van der Waals surface area contributed by atoms with Gasteiger partial charge < -0.3 is 4.40 Å². The summed E-state index contributed by atoms with van der Waals surface area (Å²) < 4.78 is 1.96. The molecule has 2 aromatic heterocycles. The van der Waals surface area contributed by atoms with Crippen LogP contribution in [0.5, 0.6) is 0 Å². The fourth-order valence-corrected chi connectivity index (χ4v) is 1.24. The Morgan fingerprint density at radius 1 is 1.45 bits per heavy atom. The molecule has 2 rings (SSSR count). The van der Waals surface area contributed by atoms with E-state index in [-0.39, 0.29) is 0 Å². The number of fused-ring (bicyclic) bond motifs is 1. The molecule has 3 heteroatoms. The number of hydrogen-bond acceptors (Lipinski definition) is 1. The van der Waals surface area contributed by atoms with Crippen molar-refractivity contribution in [1.82, 2.24) is 9.38 Å². The number of aryl methyl sites for hydroxylation is 1. The lowest BCUT2D eigenvalue weighted by Crippen LogP contribution is -1.87. The minimum absolute atomic E-state index is 0.664. The standard InChI is InChI=1S/C8H7ClN2/c1-6-2-3-8-10-4-7(9)5-11(6)8/h2-5H,1H3. The molecule has 11 heavy (non-hydrogen) atoms. The van der Waals surface area contributed by atoms with E-state index in [1.165, 1.54) is 0 Å². The number of halogens is 1. The van der Waals surface area contributed by atoms with E-state index in [4.69, 9.17) is 11.6 Å². The van der Waals surface area contributed by atoms with Gasteiger partial charge in [0.2, 0.25) is 0 Å². The zero-order chi connectivity index (χ0) is 7.84. The van der Waals surface area contributed by atoms with Crippen molar-refractivity contribution in [3.8, 4) is 0 Å². The molecule has 0 saturated heterocycles. The molecule has 2 nitrogen and oxygen atoms in total. The van der Waals surface area contributed by atoms with Gasteiger partial charge in [0, 0.05) is 18.1 Å². The molecule has 0 atom stereocenters. The van der Waals surface area contributed by atoms with Crippen LogP contribution >= 0.6 is 11.6 Å². The first kappa shape index (κ1) is 6.68. The maximum atomic E-state index is 5.76. The van der Waals surface area contributed by atoms with Crippen LogP contribution in [-0.2, 0) is 0 Å². The molecule has 0 saturated carbocycles. The predicted molar refractivity (Wildman–Crippen MR) is 44.9 cm³/mol. The van der Waals surface area contributed by atoms with Crippen molar-refractivity contribution in [2.45, 2.75) is 6.92 Å². The van der Waals surface area contributed by atoms with Gasteiger partial charge in [0.05, 0.1) is 5.02 Å². The third-order valence-corrected chi connectivity index (χ3v) is 1.87. The first-order valence-electron chi connectivity index (χ1n) is 3.36. The molecule has 0 aromatic carbocycles. The quantitative estimate of drug-likeness (QED) is 0.587. The SMILES string of the molecule is Cc1ccc2ncc(Cl)cn12. The molecule has 0 bridgehead atoms. The van der Waals surface area contributed by atoms with E-state index in [0.717, 1.165) is 11.3 Å². The number of rotatable bonds is 0. The van der Waals surface area contributed by atoms with Crippen LogP contribution in [0.2, 0.25) is 5.02 Å². The van der Waals surface area contributed by atoms with E-state index in [1.54, 1.807) is 6.20 Å². The van der Waals surface area contributed by atoms with E-state index in [1.807, 2.05) is 29.7 Å². The second-order valence-corrected chi connectivity index (χ2v) is 2.91. The first-order valence-corrected chi connectivity index (χ1v) is 3.74. The molecule has 0 radical (unpaired) electrons. The molecule has 0 spiro atoms. The van der Waals surface area contributed by atoms with Gasteiger partial charge in [-0.25, -0.2) is 4.98 Å². The number of nitrogens with zero attached hydrogens (tertiary/aromatic N) is 2. The van der Waals surface area contributed by atoms with Crippen molar-refractivity contribution in [2.24, 2.45) is 0 Å². The van der Waals surface area contributed by atoms with Crippen LogP contribution < -0.4 is 0 Å². The smallest absolute Gasteiger partial charge is 0.136 e. The Balaban J connectivity index is 2.87. The van der Waals surface area contributed by atoms with Gasteiger partial charge in [-0.3, -0.25) is 0 Å². The molecule has 0 aliphatic rings. The summed E-state index contributed by atoms with van der Waals surface area (Å²) in [6.07, 6.45) is 3.51. The van der Waals surface area contributed by atoms with Crippen molar-refractivity contribution in [1.29, 1.82) is 0 Å². The minimum Gasteiger partial charge on any atom is -0.304 e. The molecule has 0 fully saturated rings. The van der Waals surface area contributed by atoms with Crippen molar-refractivity contribution in [2.75, 3.05) is 0 Å². The molecule has 2 aromatic rings. The first-order chi connectivity index (χ1) is 5.27. The maximum Gasteiger partial charge on any atom is 0.136 e. The minimum atomic E-state index is 0.664.